The van der Waals surface area contributed by atoms with Gasteiger partial charge in [-0.05, 0) is 48.9 Å². The van der Waals surface area contributed by atoms with Crippen molar-refractivity contribution >= 4 is 11.6 Å². The summed E-state index contributed by atoms with van der Waals surface area (Å²) in [7, 11) is 0. The number of aryl methyl sites for hydroxylation is 1. The number of benzene rings is 1. The van der Waals surface area contributed by atoms with E-state index < -0.39 is 0 Å². The molecule has 0 spiro atoms. The predicted molar refractivity (Wildman–Crippen MR) is 80.4 cm³/mol. The maximum atomic E-state index is 12.0. The summed E-state index contributed by atoms with van der Waals surface area (Å²) in [5, 5.41) is 3.52. The number of anilines is 1. The van der Waals surface area contributed by atoms with Gasteiger partial charge in [-0.2, -0.15) is 0 Å². The monoisotopic (exact) mass is 273 g/mol. The first-order valence-electron chi connectivity index (χ1n) is 7.63. The van der Waals surface area contributed by atoms with Crippen LogP contribution in [0.3, 0.4) is 0 Å². The van der Waals surface area contributed by atoms with Crippen molar-refractivity contribution in [3.05, 3.63) is 29.3 Å². The molecule has 1 aromatic carbocycles. The number of carbonyl (C=O) groups excluding carboxylic acids is 1. The molecule has 1 saturated heterocycles. The standard InChI is InChI=1S/C16H23N3O/c17-13-4-5-14-12(11-13)3-6-15(14)18-8-7-16(20)19-9-1-2-10-19/h4-5,11,15,18H,1-3,6-10,17H2. The van der Waals surface area contributed by atoms with Crippen LogP contribution in [0.15, 0.2) is 18.2 Å². The van der Waals surface area contributed by atoms with Crippen LogP contribution in [-0.4, -0.2) is 30.4 Å². The van der Waals surface area contributed by atoms with Gasteiger partial charge in [-0.3, -0.25) is 4.79 Å². The van der Waals surface area contributed by atoms with Crippen molar-refractivity contribution in [1.29, 1.82) is 0 Å². The number of likely N-dealkylation sites (tertiary alicyclic amines) is 1. The highest BCUT2D eigenvalue weighted by molar-refractivity contribution is 5.76. The van der Waals surface area contributed by atoms with Crippen LogP contribution in [0.4, 0.5) is 5.69 Å². The molecule has 1 heterocycles. The fourth-order valence-corrected chi connectivity index (χ4v) is 3.33. The Balaban J connectivity index is 1.49. The van der Waals surface area contributed by atoms with E-state index in [1.54, 1.807) is 0 Å². The third-order valence-corrected chi connectivity index (χ3v) is 4.43. The van der Waals surface area contributed by atoms with E-state index in [9.17, 15) is 4.79 Å². The summed E-state index contributed by atoms with van der Waals surface area (Å²) >= 11 is 0. The van der Waals surface area contributed by atoms with Gasteiger partial charge < -0.3 is 16.0 Å². The molecule has 108 valence electrons. The first kappa shape index (κ1) is 13.4. The van der Waals surface area contributed by atoms with E-state index in [2.05, 4.69) is 17.4 Å². The summed E-state index contributed by atoms with van der Waals surface area (Å²) in [6, 6.07) is 6.55. The van der Waals surface area contributed by atoms with Crippen molar-refractivity contribution in [3.63, 3.8) is 0 Å². The fraction of sp³-hybridized carbons (Fsp3) is 0.562. The van der Waals surface area contributed by atoms with Crippen molar-refractivity contribution in [3.8, 4) is 0 Å². The van der Waals surface area contributed by atoms with Crippen LogP contribution >= 0.6 is 0 Å². The highest BCUT2D eigenvalue weighted by Gasteiger charge is 2.23. The highest BCUT2D eigenvalue weighted by Crippen LogP contribution is 2.32. The van der Waals surface area contributed by atoms with Crippen LogP contribution in [0.1, 0.15) is 42.9 Å². The van der Waals surface area contributed by atoms with Crippen LogP contribution in [0.2, 0.25) is 0 Å². The molecule has 1 aromatic rings. The first-order chi connectivity index (χ1) is 9.74. The summed E-state index contributed by atoms with van der Waals surface area (Å²) in [6.45, 7) is 2.67. The lowest BCUT2D eigenvalue weighted by Gasteiger charge is -2.17. The number of nitrogens with two attached hydrogens (primary N) is 1. The quantitative estimate of drug-likeness (QED) is 0.823. The lowest BCUT2D eigenvalue weighted by Crippen LogP contribution is -2.31. The number of hydrogen-bond donors (Lipinski definition) is 2. The molecule has 3 N–H and O–H groups in total. The van der Waals surface area contributed by atoms with E-state index >= 15 is 0 Å². The van der Waals surface area contributed by atoms with E-state index in [4.69, 9.17) is 5.73 Å². The van der Waals surface area contributed by atoms with Crippen molar-refractivity contribution in [2.45, 2.75) is 38.1 Å². The summed E-state index contributed by atoms with van der Waals surface area (Å²) < 4.78 is 0. The van der Waals surface area contributed by atoms with Crippen molar-refractivity contribution in [1.82, 2.24) is 10.2 Å². The Kier molecular flexibility index (Phi) is 3.92. The molecule has 0 bridgehead atoms. The molecule has 1 amide bonds. The number of amides is 1. The van der Waals surface area contributed by atoms with Gasteiger partial charge in [0.25, 0.3) is 0 Å². The van der Waals surface area contributed by atoms with E-state index in [1.807, 2.05) is 11.0 Å². The van der Waals surface area contributed by atoms with Crippen LogP contribution < -0.4 is 11.1 Å². The molecule has 1 aliphatic carbocycles. The van der Waals surface area contributed by atoms with Gasteiger partial charge in [-0.15, -0.1) is 0 Å². The number of rotatable bonds is 4. The third-order valence-electron chi connectivity index (χ3n) is 4.43. The van der Waals surface area contributed by atoms with Crippen molar-refractivity contribution in [2.75, 3.05) is 25.4 Å². The normalized spacial score (nSPS) is 21.2. The second-order valence-corrected chi connectivity index (χ2v) is 5.84. The molecule has 1 unspecified atom stereocenters. The molecule has 1 fully saturated rings. The first-order valence-corrected chi connectivity index (χ1v) is 7.63. The number of fused-ring (bicyclic) bond motifs is 1. The Morgan fingerprint density at radius 1 is 1.35 bits per heavy atom. The smallest absolute Gasteiger partial charge is 0.223 e. The maximum absolute atomic E-state index is 12.0. The SMILES string of the molecule is Nc1ccc2c(c1)CCC2NCCC(=O)N1CCCC1. The topological polar surface area (TPSA) is 58.4 Å². The zero-order chi connectivity index (χ0) is 13.9. The molecule has 1 aliphatic heterocycles. The van der Waals surface area contributed by atoms with Crippen LogP contribution in [-0.2, 0) is 11.2 Å². The zero-order valence-corrected chi connectivity index (χ0v) is 11.9. The summed E-state index contributed by atoms with van der Waals surface area (Å²) in [5.41, 5.74) is 9.37. The maximum Gasteiger partial charge on any atom is 0.223 e. The van der Waals surface area contributed by atoms with Crippen molar-refractivity contribution in [2.24, 2.45) is 0 Å². The molecule has 20 heavy (non-hydrogen) atoms. The molecular weight excluding hydrogens is 250 g/mol. The Labute approximate surface area is 120 Å². The number of carbonyl (C=O) groups is 1. The Morgan fingerprint density at radius 2 is 2.15 bits per heavy atom. The van der Waals surface area contributed by atoms with E-state index in [1.165, 1.54) is 11.1 Å². The molecule has 4 nitrogen and oxygen atoms in total. The van der Waals surface area contributed by atoms with E-state index in [-0.39, 0.29) is 0 Å². The molecule has 4 heteroatoms. The number of hydrogen-bond acceptors (Lipinski definition) is 3. The lowest BCUT2D eigenvalue weighted by molar-refractivity contribution is -0.130. The molecular formula is C16H23N3O. The second-order valence-electron chi connectivity index (χ2n) is 5.84. The van der Waals surface area contributed by atoms with Gasteiger partial charge in [0.1, 0.15) is 0 Å². The number of nitrogens with one attached hydrogen (secondary N) is 1. The minimum Gasteiger partial charge on any atom is -0.399 e. The summed E-state index contributed by atoms with van der Waals surface area (Å²) in [6.07, 6.45) is 5.13. The minimum absolute atomic E-state index is 0.297. The molecule has 0 aromatic heterocycles. The molecule has 3 rings (SSSR count). The largest absolute Gasteiger partial charge is 0.399 e. The Hall–Kier alpha value is -1.55. The van der Waals surface area contributed by atoms with Gasteiger partial charge in [0.15, 0.2) is 0 Å². The average Bonchev–Trinajstić information content (AvgIpc) is 3.08. The van der Waals surface area contributed by atoms with Gasteiger partial charge in [0, 0.05) is 37.8 Å². The second kappa shape index (κ2) is 5.83. The van der Waals surface area contributed by atoms with Crippen LogP contribution in [0.25, 0.3) is 0 Å². The van der Waals surface area contributed by atoms with Gasteiger partial charge in [-0.25, -0.2) is 0 Å². The third kappa shape index (κ3) is 2.80. The highest BCUT2D eigenvalue weighted by atomic mass is 16.2. The summed E-state index contributed by atoms with van der Waals surface area (Å²) in [5.74, 6) is 0.297. The zero-order valence-electron chi connectivity index (χ0n) is 11.9. The fourth-order valence-electron chi connectivity index (χ4n) is 3.33. The van der Waals surface area contributed by atoms with Crippen molar-refractivity contribution < 1.29 is 4.79 Å². The van der Waals surface area contributed by atoms with Gasteiger partial charge >= 0.3 is 0 Å². The summed E-state index contributed by atoms with van der Waals surface area (Å²) in [4.78, 5) is 14.0. The molecule has 0 saturated carbocycles. The van der Waals surface area contributed by atoms with Crippen LogP contribution in [0.5, 0.6) is 0 Å². The van der Waals surface area contributed by atoms with E-state index in [0.717, 1.165) is 51.0 Å². The average molecular weight is 273 g/mol. The Morgan fingerprint density at radius 3 is 2.95 bits per heavy atom. The van der Waals surface area contributed by atoms with Gasteiger partial charge in [-0.1, -0.05) is 6.07 Å². The number of nitrogens with zero attached hydrogens (tertiary/aromatic N) is 1. The predicted octanol–water partition coefficient (Wildman–Crippen LogP) is 1.86. The Bertz CT molecular complexity index is 494. The molecule has 1 atom stereocenters. The van der Waals surface area contributed by atoms with Crippen LogP contribution in [0, 0.1) is 0 Å². The molecule has 2 aliphatic rings. The number of nitrogen functional groups attached to an aromatic ring is 1. The van der Waals surface area contributed by atoms with E-state index in [0.29, 0.717) is 18.4 Å². The minimum atomic E-state index is 0.297. The van der Waals surface area contributed by atoms with Gasteiger partial charge in [0.05, 0.1) is 0 Å². The van der Waals surface area contributed by atoms with Gasteiger partial charge in [0.2, 0.25) is 5.91 Å². The lowest BCUT2D eigenvalue weighted by atomic mass is 10.1. The molecule has 0 radical (unpaired) electrons.